The quantitative estimate of drug-likeness (QED) is 0.282. The van der Waals surface area contributed by atoms with Gasteiger partial charge in [0.05, 0.1) is 23.1 Å². The molecule has 6 rings (SSSR count). The van der Waals surface area contributed by atoms with Crippen LogP contribution in [0.15, 0.2) is 42.6 Å². The lowest BCUT2D eigenvalue weighted by Crippen LogP contribution is -2.50. The number of fused-ring (bicyclic) bond motifs is 1. The minimum Gasteiger partial charge on any atom is -0.381 e. The molecule has 2 aliphatic rings. The van der Waals surface area contributed by atoms with Crippen LogP contribution in [0.2, 0.25) is 0 Å². The molecule has 2 saturated heterocycles. The number of anilines is 3. The van der Waals surface area contributed by atoms with Gasteiger partial charge < -0.3 is 24.8 Å². The van der Waals surface area contributed by atoms with Gasteiger partial charge in [0.15, 0.2) is 17.0 Å². The third kappa shape index (κ3) is 7.17. The number of alkyl halides is 3. The number of nitrogens with zero attached hydrogens (tertiary/aromatic N) is 6. The number of likely N-dealkylation sites (N-methyl/N-ethyl adjacent to an activating group) is 1. The summed E-state index contributed by atoms with van der Waals surface area (Å²) in [5.74, 6) is -4.48. The summed E-state index contributed by atoms with van der Waals surface area (Å²) >= 11 is 0. The molecule has 0 saturated carbocycles. The van der Waals surface area contributed by atoms with Crippen molar-refractivity contribution in [2.45, 2.75) is 31.5 Å². The number of amides is 2. The van der Waals surface area contributed by atoms with Crippen molar-refractivity contribution in [3.63, 3.8) is 0 Å². The lowest BCUT2D eigenvalue weighted by Gasteiger charge is -2.37. The first-order chi connectivity index (χ1) is 22.5. The van der Waals surface area contributed by atoms with Crippen molar-refractivity contribution in [2.75, 3.05) is 61.6 Å². The number of benzene rings is 2. The topological polar surface area (TPSA) is 120 Å². The van der Waals surface area contributed by atoms with Crippen LogP contribution in [-0.2, 0) is 16.0 Å². The van der Waals surface area contributed by atoms with Crippen molar-refractivity contribution in [1.82, 2.24) is 25.1 Å². The number of carbonyl (C=O) groups excluding carboxylic acids is 2. The predicted octanol–water partition coefficient (Wildman–Crippen LogP) is 4.30. The molecule has 0 atom stereocenters. The average Bonchev–Trinajstić information content (AvgIpc) is 3.42. The fourth-order valence-corrected chi connectivity index (χ4v) is 5.83. The van der Waals surface area contributed by atoms with E-state index in [9.17, 15) is 31.5 Å². The van der Waals surface area contributed by atoms with Gasteiger partial charge in [-0.25, -0.2) is 18.7 Å². The van der Waals surface area contributed by atoms with Gasteiger partial charge in [-0.2, -0.15) is 18.3 Å². The van der Waals surface area contributed by atoms with Gasteiger partial charge in [0, 0.05) is 63.6 Å². The van der Waals surface area contributed by atoms with E-state index in [4.69, 9.17) is 4.74 Å². The molecule has 2 aromatic heterocycles. The first kappa shape index (κ1) is 32.2. The van der Waals surface area contributed by atoms with Crippen LogP contribution >= 0.6 is 0 Å². The first-order valence-electron chi connectivity index (χ1n) is 15.0. The molecule has 0 aliphatic carbocycles. The Balaban J connectivity index is 1.36. The van der Waals surface area contributed by atoms with Crippen molar-refractivity contribution < 1.29 is 36.3 Å². The summed E-state index contributed by atoms with van der Waals surface area (Å²) in [6.07, 6.45) is -3.49. The smallest absolute Gasteiger partial charge is 0.381 e. The highest BCUT2D eigenvalue weighted by molar-refractivity contribution is 6.13. The largest absolute Gasteiger partial charge is 0.471 e. The Morgan fingerprint density at radius 1 is 1.04 bits per heavy atom. The molecular weight excluding hydrogens is 627 g/mol. The number of hydrogen-bond donors (Lipinski definition) is 2. The molecule has 2 N–H and O–H groups in total. The number of nitrogens with one attached hydrogen (secondary N) is 2. The second-order valence-electron chi connectivity index (χ2n) is 11.5. The van der Waals surface area contributed by atoms with E-state index in [-0.39, 0.29) is 60.7 Å². The van der Waals surface area contributed by atoms with Gasteiger partial charge >= 0.3 is 12.1 Å². The Kier molecular flexibility index (Phi) is 9.05. The standard InChI is InChI=1S/C31H31F5N8O3/c1-42-6-8-43(9-7-42)23-2-3-24(25(16-23)44(30(46)31(34,35)36)22-4-10-47-11-5-22)29(45)39-28-26-27(40-41-28)37-17-21(38-26)14-18-12-19(32)15-20(33)13-18/h2-3,12-13,15-17,22H,4-11,14H2,1H3,(H2,37,39,40,41,45). The van der Waals surface area contributed by atoms with Crippen LogP contribution in [0.25, 0.3) is 11.2 Å². The van der Waals surface area contributed by atoms with Crippen molar-refractivity contribution in [1.29, 1.82) is 0 Å². The maximum Gasteiger partial charge on any atom is 0.471 e. The van der Waals surface area contributed by atoms with Crippen LogP contribution in [0.3, 0.4) is 0 Å². The molecule has 0 radical (unpaired) electrons. The summed E-state index contributed by atoms with van der Waals surface area (Å²) in [5.41, 5.74) is 1.14. The Labute approximate surface area is 265 Å². The molecule has 2 amide bonds. The van der Waals surface area contributed by atoms with E-state index in [2.05, 4.69) is 30.4 Å². The monoisotopic (exact) mass is 658 g/mol. The molecule has 47 heavy (non-hydrogen) atoms. The third-order valence-electron chi connectivity index (χ3n) is 8.23. The lowest BCUT2D eigenvalue weighted by atomic mass is 10.0. The van der Waals surface area contributed by atoms with Gasteiger partial charge in [-0.1, -0.05) is 0 Å². The molecular formula is C31H31F5N8O3. The van der Waals surface area contributed by atoms with Gasteiger partial charge in [-0.3, -0.25) is 14.7 Å². The maximum atomic E-state index is 14.1. The Morgan fingerprint density at radius 3 is 2.43 bits per heavy atom. The van der Waals surface area contributed by atoms with Crippen molar-refractivity contribution in [3.8, 4) is 0 Å². The van der Waals surface area contributed by atoms with E-state index in [1.807, 2.05) is 11.9 Å². The zero-order valence-corrected chi connectivity index (χ0v) is 25.3. The van der Waals surface area contributed by atoms with Crippen LogP contribution in [-0.4, -0.2) is 95.5 Å². The summed E-state index contributed by atoms with van der Waals surface area (Å²) in [4.78, 5) is 40.4. The minimum absolute atomic E-state index is 0.0215. The van der Waals surface area contributed by atoms with Gasteiger partial charge in [0.1, 0.15) is 11.6 Å². The zero-order chi connectivity index (χ0) is 33.3. The summed E-state index contributed by atoms with van der Waals surface area (Å²) in [6.45, 7) is 2.99. The fraction of sp³-hybridized carbons (Fsp3) is 0.387. The van der Waals surface area contributed by atoms with E-state index in [1.165, 1.54) is 18.3 Å². The summed E-state index contributed by atoms with van der Waals surface area (Å²) in [7, 11) is 1.97. The molecule has 4 aromatic rings. The number of hydrogen-bond acceptors (Lipinski definition) is 8. The molecule has 0 spiro atoms. The highest BCUT2D eigenvalue weighted by Crippen LogP contribution is 2.35. The second-order valence-corrected chi connectivity index (χ2v) is 11.5. The van der Waals surface area contributed by atoms with Crippen molar-refractivity contribution >= 4 is 40.2 Å². The average molecular weight is 659 g/mol. The molecule has 2 aliphatic heterocycles. The zero-order valence-electron chi connectivity index (χ0n) is 25.3. The molecule has 248 valence electrons. The van der Waals surface area contributed by atoms with Crippen molar-refractivity contribution in [3.05, 3.63) is 71.1 Å². The highest BCUT2D eigenvalue weighted by Gasteiger charge is 2.46. The maximum absolute atomic E-state index is 14.1. The Bertz CT molecular complexity index is 1760. The SMILES string of the molecule is CN1CCN(c2ccc(C(=O)Nc3n[nH]c4ncc(Cc5cc(F)cc(F)c5)nc34)c(N(C(=O)C(F)(F)F)C3CCOCC3)c2)CC1. The molecule has 16 heteroatoms. The number of halogens is 5. The van der Waals surface area contributed by atoms with Gasteiger partial charge in [-0.15, -0.1) is 0 Å². The van der Waals surface area contributed by atoms with Crippen molar-refractivity contribution in [2.24, 2.45) is 0 Å². The van der Waals surface area contributed by atoms with Gasteiger partial charge in [-0.05, 0) is 55.8 Å². The van der Waals surface area contributed by atoms with E-state index in [0.717, 1.165) is 31.3 Å². The van der Waals surface area contributed by atoms with E-state index in [1.54, 1.807) is 6.07 Å². The Hall–Kier alpha value is -4.70. The lowest BCUT2D eigenvalue weighted by molar-refractivity contribution is -0.171. The minimum atomic E-state index is -5.20. The second kappa shape index (κ2) is 13.2. The Morgan fingerprint density at radius 2 is 1.74 bits per heavy atom. The molecule has 0 bridgehead atoms. The number of carbonyl (C=O) groups is 2. The molecule has 2 aromatic carbocycles. The molecule has 0 unspecified atom stereocenters. The van der Waals surface area contributed by atoms with Crippen LogP contribution in [0.5, 0.6) is 0 Å². The number of aromatic nitrogens is 4. The fourth-order valence-electron chi connectivity index (χ4n) is 5.83. The van der Waals surface area contributed by atoms with Crippen LogP contribution in [0.4, 0.5) is 39.1 Å². The van der Waals surface area contributed by atoms with Crippen LogP contribution < -0.4 is 15.1 Å². The summed E-state index contributed by atoms with van der Waals surface area (Å²) in [5, 5.41) is 9.33. The number of piperazine rings is 1. The van der Waals surface area contributed by atoms with Crippen LogP contribution in [0.1, 0.15) is 34.5 Å². The molecule has 4 heterocycles. The van der Waals surface area contributed by atoms with E-state index < -0.39 is 35.7 Å². The van der Waals surface area contributed by atoms with E-state index in [0.29, 0.717) is 34.9 Å². The summed E-state index contributed by atoms with van der Waals surface area (Å²) < 4.78 is 75.1. The van der Waals surface area contributed by atoms with Gasteiger partial charge in [0.2, 0.25) is 0 Å². The summed E-state index contributed by atoms with van der Waals surface area (Å²) in [6, 6.07) is 6.71. The highest BCUT2D eigenvalue weighted by atomic mass is 19.4. The number of H-pyrrole nitrogens is 1. The molecule has 11 nitrogen and oxygen atoms in total. The number of rotatable bonds is 7. The molecule has 2 fully saturated rings. The number of aromatic amines is 1. The first-order valence-corrected chi connectivity index (χ1v) is 15.0. The van der Waals surface area contributed by atoms with E-state index >= 15 is 0 Å². The van der Waals surface area contributed by atoms with Gasteiger partial charge in [0.25, 0.3) is 5.91 Å². The predicted molar refractivity (Wildman–Crippen MR) is 162 cm³/mol. The van der Waals surface area contributed by atoms with Crippen LogP contribution in [0, 0.1) is 11.6 Å². The third-order valence-corrected chi connectivity index (χ3v) is 8.23. The number of ether oxygens (including phenoxy) is 1. The normalized spacial score (nSPS) is 16.4.